The van der Waals surface area contributed by atoms with Gasteiger partial charge in [-0.25, -0.2) is 4.98 Å². The summed E-state index contributed by atoms with van der Waals surface area (Å²) in [6.07, 6.45) is -7.18. The van der Waals surface area contributed by atoms with E-state index >= 15 is 0 Å². The summed E-state index contributed by atoms with van der Waals surface area (Å²) in [6.45, 7) is 0. The molecule has 0 aliphatic carbocycles. The molecule has 0 bridgehead atoms. The van der Waals surface area contributed by atoms with Crippen molar-refractivity contribution in [2.24, 2.45) is 0 Å². The maximum atomic E-state index is 12.1. The zero-order valence-electron chi connectivity index (χ0n) is 8.83. The summed E-state index contributed by atoms with van der Waals surface area (Å²) in [4.78, 5) is 7.05. The second kappa shape index (κ2) is 4.37. The number of fused-ring (bicyclic) bond motifs is 1. The van der Waals surface area contributed by atoms with Gasteiger partial charge in [0.25, 0.3) is 0 Å². The van der Waals surface area contributed by atoms with Gasteiger partial charge in [0.2, 0.25) is 0 Å². The molecule has 0 aliphatic rings. The van der Waals surface area contributed by atoms with E-state index in [0.717, 1.165) is 5.52 Å². The van der Waals surface area contributed by atoms with Crippen molar-refractivity contribution in [3.63, 3.8) is 0 Å². The molecule has 0 saturated heterocycles. The Labute approximate surface area is 95.3 Å². The highest BCUT2D eigenvalue weighted by Crippen LogP contribution is 2.23. The van der Waals surface area contributed by atoms with Crippen molar-refractivity contribution in [3.05, 3.63) is 30.1 Å². The summed E-state index contributed by atoms with van der Waals surface area (Å²) >= 11 is 0. The largest absolute Gasteiger partial charge is 0.414 e. The third-order valence-corrected chi connectivity index (χ3v) is 2.47. The van der Waals surface area contributed by atoms with E-state index in [1.807, 2.05) is 6.07 Å². The molecule has 0 radical (unpaired) electrons. The molecule has 6 heteroatoms. The van der Waals surface area contributed by atoms with Crippen molar-refractivity contribution in [2.75, 3.05) is 0 Å². The average Bonchev–Trinajstić information content (AvgIpc) is 2.66. The van der Waals surface area contributed by atoms with Crippen molar-refractivity contribution >= 4 is 11.0 Å². The van der Waals surface area contributed by atoms with Crippen LogP contribution in [0.15, 0.2) is 24.3 Å². The molecule has 1 aromatic carbocycles. The predicted molar refractivity (Wildman–Crippen MR) is 56.5 cm³/mol. The summed E-state index contributed by atoms with van der Waals surface area (Å²) in [5, 5.41) is 8.86. The standard InChI is InChI=1S/C11H11F3N2O/c12-11(13,14)9(17)5-6-10-15-7-3-1-2-4-8(7)16-10/h1-4,9,17H,5-6H2,(H,15,16)/t9-/m0/s1. The van der Waals surface area contributed by atoms with Gasteiger partial charge in [-0.2, -0.15) is 13.2 Å². The van der Waals surface area contributed by atoms with Gasteiger partial charge < -0.3 is 10.1 Å². The van der Waals surface area contributed by atoms with E-state index in [1.165, 1.54) is 0 Å². The number of alkyl halides is 3. The number of nitrogens with zero attached hydrogens (tertiary/aromatic N) is 1. The maximum Gasteiger partial charge on any atom is 0.414 e. The average molecular weight is 244 g/mol. The summed E-state index contributed by atoms with van der Waals surface area (Å²) in [6, 6.07) is 7.19. The molecule has 1 atom stereocenters. The first-order chi connectivity index (χ1) is 7.97. The molecule has 17 heavy (non-hydrogen) atoms. The van der Waals surface area contributed by atoms with Gasteiger partial charge in [0.1, 0.15) is 11.9 Å². The quantitative estimate of drug-likeness (QED) is 0.871. The van der Waals surface area contributed by atoms with Crippen LogP contribution in [0.2, 0.25) is 0 Å². The maximum absolute atomic E-state index is 12.1. The molecule has 2 aromatic rings. The smallest absolute Gasteiger partial charge is 0.384 e. The molecule has 1 aromatic heterocycles. The molecule has 0 unspecified atom stereocenters. The Kier molecular flexibility index (Phi) is 3.06. The number of aromatic nitrogens is 2. The Morgan fingerprint density at radius 3 is 2.65 bits per heavy atom. The number of rotatable bonds is 3. The molecular formula is C11H11F3N2O. The zero-order chi connectivity index (χ0) is 12.5. The topological polar surface area (TPSA) is 48.9 Å². The number of imidazole rings is 1. The van der Waals surface area contributed by atoms with Crippen molar-refractivity contribution in [1.82, 2.24) is 9.97 Å². The highest BCUT2D eigenvalue weighted by atomic mass is 19.4. The van der Waals surface area contributed by atoms with Crippen LogP contribution in [0.3, 0.4) is 0 Å². The SMILES string of the molecule is O[C@@H](CCc1nc2ccccc2[nH]1)C(F)(F)F. The fraction of sp³-hybridized carbons (Fsp3) is 0.364. The number of hydrogen-bond donors (Lipinski definition) is 2. The highest BCUT2D eigenvalue weighted by Gasteiger charge is 2.37. The van der Waals surface area contributed by atoms with Crippen LogP contribution in [0, 0.1) is 0 Å². The molecule has 1 heterocycles. The first kappa shape index (κ1) is 11.9. The fourth-order valence-electron chi connectivity index (χ4n) is 1.56. The lowest BCUT2D eigenvalue weighted by Gasteiger charge is -2.12. The van der Waals surface area contributed by atoms with Crippen LogP contribution in [-0.4, -0.2) is 27.4 Å². The Morgan fingerprint density at radius 2 is 2.00 bits per heavy atom. The lowest BCUT2D eigenvalue weighted by Crippen LogP contribution is -2.28. The first-order valence-electron chi connectivity index (χ1n) is 5.15. The van der Waals surface area contributed by atoms with E-state index in [9.17, 15) is 13.2 Å². The summed E-state index contributed by atoms with van der Waals surface area (Å²) in [5.74, 6) is 0.453. The molecule has 0 spiro atoms. The van der Waals surface area contributed by atoms with Gasteiger partial charge in [-0.1, -0.05) is 12.1 Å². The van der Waals surface area contributed by atoms with Gasteiger partial charge in [0.05, 0.1) is 11.0 Å². The van der Waals surface area contributed by atoms with E-state index < -0.39 is 12.3 Å². The minimum Gasteiger partial charge on any atom is -0.384 e. The number of hydrogen-bond acceptors (Lipinski definition) is 2. The van der Waals surface area contributed by atoms with Gasteiger partial charge in [-0.05, 0) is 18.6 Å². The van der Waals surface area contributed by atoms with E-state index in [1.54, 1.807) is 18.2 Å². The minimum atomic E-state index is -4.56. The van der Waals surface area contributed by atoms with E-state index in [-0.39, 0.29) is 12.8 Å². The third-order valence-electron chi connectivity index (χ3n) is 2.47. The Morgan fingerprint density at radius 1 is 1.29 bits per heavy atom. The number of benzene rings is 1. The van der Waals surface area contributed by atoms with Crippen LogP contribution < -0.4 is 0 Å². The van der Waals surface area contributed by atoms with Gasteiger partial charge in [-0.3, -0.25) is 0 Å². The third kappa shape index (κ3) is 2.76. The number of H-pyrrole nitrogens is 1. The number of aromatic amines is 1. The Hall–Kier alpha value is -1.56. The fourth-order valence-corrected chi connectivity index (χ4v) is 1.56. The van der Waals surface area contributed by atoms with Gasteiger partial charge in [0.15, 0.2) is 0 Å². The first-order valence-corrected chi connectivity index (χ1v) is 5.15. The highest BCUT2D eigenvalue weighted by molar-refractivity contribution is 5.74. The number of aliphatic hydroxyl groups excluding tert-OH is 1. The van der Waals surface area contributed by atoms with Crippen LogP contribution >= 0.6 is 0 Å². The van der Waals surface area contributed by atoms with Crippen LogP contribution in [-0.2, 0) is 6.42 Å². The van der Waals surface area contributed by atoms with E-state index in [0.29, 0.717) is 11.3 Å². The minimum absolute atomic E-state index is 0.0648. The van der Waals surface area contributed by atoms with Crippen LogP contribution in [0.25, 0.3) is 11.0 Å². The number of aryl methyl sites for hydroxylation is 1. The van der Waals surface area contributed by atoms with E-state index in [4.69, 9.17) is 5.11 Å². The Balaban J connectivity index is 2.04. The zero-order valence-corrected chi connectivity index (χ0v) is 8.83. The lowest BCUT2D eigenvalue weighted by atomic mass is 10.2. The Bertz CT molecular complexity index is 474. The summed E-state index contributed by atoms with van der Waals surface area (Å²) in [5.41, 5.74) is 1.49. The summed E-state index contributed by atoms with van der Waals surface area (Å²) in [7, 11) is 0. The van der Waals surface area contributed by atoms with Crippen molar-refractivity contribution in [1.29, 1.82) is 0 Å². The van der Waals surface area contributed by atoms with Gasteiger partial charge >= 0.3 is 6.18 Å². The van der Waals surface area contributed by atoms with Crippen molar-refractivity contribution < 1.29 is 18.3 Å². The van der Waals surface area contributed by atoms with Crippen molar-refractivity contribution in [3.8, 4) is 0 Å². The monoisotopic (exact) mass is 244 g/mol. The molecule has 0 saturated carbocycles. The molecule has 0 fully saturated rings. The second-order valence-electron chi connectivity index (χ2n) is 3.80. The lowest BCUT2D eigenvalue weighted by molar-refractivity contribution is -0.205. The second-order valence-corrected chi connectivity index (χ2v) is 3.80. The van der Waals surface area contributed by atoms with Crippen LogP contribution in [0.5, 0.6) is 0 Å². The molecular weight excluding hydrogens is 233 g/mol. The normalized spacial score (nSPS) is 14.1. The molecule has 0 aliphatic heterocycles. The number of aliphatic hydroxyl groups is 1. The number of para-hydroxylation sites is 2. The van der Waals surface area contributed by atoms with Crippen LogP contribution in [0.1, 0.15) is 12.2 Å². The molecule has 0 amide bonds. The number of nitrogens with one attached hydrogen (secondary N) is 1. The van der Waals surface area contributed by atoms with Crippen LogP contribution in [0.4, 0.5) is 13.2 Å². The molecule has 3 nitrogen and oxygen atoms in total. The molecule has 2 N–H and O–H groups in total. The molecule has 92 valence electrons. The summed E-state index contributed by atoms with van der Waals surface area (Å²) < 4.78 is 36.2. The van der Waals surface area contributed by atoms with Crippen molar-refractivity contribution in [2.45, 2.75) is 25.1 Å². The van der Waals surface area contributed by atoms with Gasteiger partial charge in [-0.15, -0.1) is 0 Å². The van der Waals surface area contributed by atoms with Gasteiger partial charge in [0, 0.05) is 6.42 Å². The van der Waals surface area contributed by atoms with E-state index in [2.05, 4.69) is 9.97 Å². The molecule has 2 rings (SSSR count). The predicted octanol–water partition coefficient (Wildman–Crippen LogP) is 2.42. The number of halogens is 3.